The smallest absolute Gasteiger partial charge is 0.251 e. The van der Waals surface area contributed by atoms with Crippen LogP contribution in [0.2, 0.25) is 0 Å². The minimum absolute atomic E-state index is 0.0321. The van der Waals surface area contributed by atoms with E-state index in [1.54, 1.807) is 31.3 Å². The van der Waals surface area contributed by atoms with E-state index in [0.717, 1.165) is 0 Å². The van der Waals surface area contributed by atoms with Gasteiger partial charge in [-0.25, -0.2) is 0 Å². The monoisotopic (exact) mass is 250 g/mol. The van der Waals surface area contributed by atoms with Crippen LogP contribution in [0.1, 0.15) is 16.8 Å². The summed E-state index contributed by atoms with van der Waals surface area (Å²) in [5.74, 6) is -0.438. The first-order valence-electron chi connectivity index (χ1n) is 5.83. The van der Waals surface area contributed by atoms with Gasteiger partial charge in [-0.3, -0.25) is 9.59 Å². The minimum atomic E-state index is -0.264. The number of benzene rings is 1. The highest BCUT2D eigenvalue weighted by molar-refractivity contribution is 5.96. The summed E-state index contributed by atoms with van der Waals surface area (Å²) >= 11 is 0. The summed E-state index contributed by atoms with van der Waals surface area (Å²) in [6, 6.07) is 8.74. The third-order valence-electron chi connectivity index (χ3n) is 2.51. The summed E-state index contributed by atoms with van der Waals surface area (Å²) in [7, 11) is 1.65. The number of hydrogen-bond donors (Lipinski definition) is 2. The van der Waals surface area contributed by atoms with Gasteiger partial charge in [0.2, 0.25) is 5.91 Å². The highest BCUT2D eigenvalue weighted by Crippen LogP contribution is 1.97. The van der Waals surface area contributed by atoms with Crippen LogP contribution in [0.3, 0.4) is 0 Å². The van der Waals surface area contributed by atoms with Gasteiger partial charge in [0.25, 0.3) is 5.91 Å². The summed E-state index contributed by atoms with van der Waals surface area (Å²) in [6.07, 6.45) is 0.537. The second kappa shape index (κ2) is 7.45. The van der Waals surface area contributed by atoms with Crippen molar-refractivity contribution in [2.45, 2.75) is 6.42 Å². The van der Waals surface area contributed by atoms with Crippen molar-refractivity contribution in [3.8, 4) is 0 Å². The summed E-state index contributed by atoms with van der Waals surface area (Å²) < 4.78 is 0. The van der Waals surface area contributed by atoms with Gasteiger partial charge in [0.05, 0.1) is 6.54 Å². The molecule has 98 valence electrons. The molecule has 5 nitrogen and oxygen atoms in total. The summed E-state index contributed by atoms with van der Waals surface area (Å²) in [6.45, 7) is 0.500. The quantitative estimate of drug-likeness (QED) is 0.760. The van der Waals surface area contributed by atoms with E-state index in [1.807, 2.05) is 6.07 Å². The number of nitrogens with one attached hydrogen (secondary N) is 1. The van der Waals surface area contributed by atoms with Crippen molar-refractivity contribution in [2.75, 3.05) is 26.7 Å². The van der Waals surface area contributed by atoms with Gasteiger partial charge >= 0.3 is 0 Å². The fourth-order valence-corrected chi connectivity index (χ4v) is 1.42. The van der Waals surface area contributed by atoms with Crippen LogP contribution in [0, 0.1) is 0 Å². The number of likely N-dealkylation sites (N-methyl/N-ethyl adjacent to an activating group) is 1. The number of carbonyl (C=O) groups is 2. The second-order valence-corrected chi connectivity index (χ2v) is 3.94. The molecule has 1 aromatic rings. The van der Waals surface area contributed by atoms with E-state index in [4.69, 9.17) is 5.11 Å². The van der Waals surface area contributed by atoms with E-state index in [0.29, 0.717) is 18.5 Å². The summed E-state index contributed by atoms with van der Waals surface area (Å²) in [4.78, 5) is 24.8. The second-order valence-electron chi connectivity index (χ2n) is 3.94. The number of rotatable bonds is 6. The SMILES string of the molecule is CN(CCCO)C(=O)CNC(=O)c1ccccc1. The zero-order valence-electron chi connectivity index (χ0n) is 10.4. The Hall–Kier alpha value is -1.88. The van der Waals surface area contributed by atoms with Crippen LogP contribution < -0.4 is 5.32 Å². The molecule has 0 aliphatic rings. The van der Waals surface area contributed by atoms with Gasteiger partial charge in [0, 0.05) is 25.8 Å². The molecule has 0 radical (unpaired) electrons. The Bertz CT molecular complexity index is 392. The maximum atomic E-state index is 11.7. The third kappa shape index (κ3) is 4.55. The van der Waals surface area contributed by atoms with E-state index >= 15 is 0 Å². The standard InChI is InChI=1S/C13H18N2O3/c1-15(8-5-9-16)12(17)10-14-13(18)11-6-3-2-4-7-11/h2-4,6-7,16H,5,8-10H2,1H3,(H,14,18). The fraction of sp³-hybridized carbons (Fsp3) is 0.385. The van der Waals surface area contributed by atoms with Crippen molar-refractivity contribution in [1.82, 2.24) is 10.2 Å². The van der Waals surface area contributed by atoms with Gasteiger partial charge < -0.3 is 15.3 Å². The van der Waals surface area contributed by atoms with Gasteiger partial charge in [-0.05, 0) is 18.6 Å². The molecule has 0 saturated carbocycles. The van der Waals surface area contributed by atoms with Crippen LogP contribution in [-0.4, -0.2) is 48.6 Å². The number of aliphatic hydroxyl groups excluding tert-OH is 1. The molecular weight excluding hydrogens is 232 g/mol. The third-order valence-corrected chi connectivity index (χ3v) is 2.51. The van der Waals surface area contributed by atoms with E-state index < -0.39 is 0 Å². The van der Waals surface area contributed by atoms with Gasteiger partial charge in [-0.2, -0.15) is 0 Å². The zero-order valence-corrected chi connectivity index (χ0v) is 10.4. The van der Waals surface area contributed by atoms with E-state index in [-0.39, 0.29) is 25.0 Å². The van der Waals surface area contributed by atoms with Gasteiger partial charge in [0.1, 0.15) is 0 Å². The van der Waals surface area contributed by atoms with Crippen molar-refractivity contribution in [3.63, 3.8) is 0 Å². The van der Waals surface area contributed by atoms with Crippen molar-refractivity contribution in [1.29, 1.82) is 0 Å². The molecule has 0 atom stereocenters. The Labute approximate surface area is 106 Å². The van der Waals surface area contributed by atoms with Crippen LogP contribution in [0.25, 0.3) is 0 Å². The van der Waals surface area contributed by atoms with E-state index in [2.05, 4.69) is 5.32 Å². The molecule has 2 N–H and O–H groups in total. The average molecular weight is 250 g/mol. The van der Waals surface area contributed by atoms with Crippen molar-refractivity contribution < 1.29 is 14.7 Å². The van der Waals surface area contributed by atoms with Crippen LogP contribution in [-0.2, 0) is 4.79 Å². The lowest BCUT2D eigenvalue weighted by molar-refractivity contribution is -0.128. The van der Waals surface area contributed by atoms with Gasteiger partial charge in [-0.1, -0.05) is 18.2 Å². The van der Waals surface area contributed by atoms with Crippen LogP contribution in [0.4, 0.5) is 0 Å². The predicted octanol–water partition coefficient (Wildman–Crippen LogP) is 0.257. The van der Waals surface area contributed by atoms with Crippen LogP contribution >= 0.6 is 0 Å². The Morgan fingerprint density at radius 3 is 2.56 bits per heavy atom. The first-order valence-corrected chi connectivity index (χ1v) is 5.83. The molecule has 0 aromatic heterocycles. The topological polar surface area (TPSA) is 69.6 Å². The number of amides is 2. The lowest BCUT2D eigenvalue weighted by Crippen LogP contribution is -2.38. The maximum Gasteiger partial charge on any atom is 0.251 e. The summed E-state index contributed by atoms with van der Waals surface area (Å²) in [5.41, 5.74) is 0.531. The first kappa shape index (κ1) is 14.2. The van der Waals surface area contributed by atoms with Crippen molar-refractivity contribution >= 4 is 11.8 Å². The number of aliphatic hydroxyl groups is 1. The van der Waals surface area contributed by atoms with E-state index in [9.17, 15) is 9.59 Å². The first-order chi connectivity index (χ1) is 8.65. The fourth-order valence-electron chi connectivity index (χ4n) is 1.42. The highest BCUT2D eigenvalue weighted by Gasteiger charge is 2.10. The molecule has 1 aromatic carbocycles. The molecule has 0 aliphatic heterocycles. The molecule has 1 rings (SSSR count). The molecule has 0 unspecified atom stereocenters. The van der Waals surface area contributed by atoms with Crippen LogP contribution in [0.15, 0.2) is 30.3 Å². The molecule has 0 fully saturated rings. The largest absolute Gasteiger partial charge is 0.396 e. The zero-order chi connectivity index (χ0) is 13.4. The Kier molecular flexibility index (Phi) is 5.87. The highest BCUT2D eigenvalue weighted by atomic mass is 16.3. The molecule has 5 heteroatoms. The number of hydrogen-bond acceptors (Lipinski definition) is 3. The van der Waals surface area contributed by atoms with E-state index in [1.165, 1.54) is 4.90 Å². The van der Waals surface area contributed by atoms with Gasteiger partial charge in [0.15, 0.2) is 0 Å². The summed E-state index contributed by atoms with van der Waals surface area (Å²) in [5, 5.41) is 11.2. The van der Waals surface area contributed by atoms with Crippen molar-refractivity contribution in [2.24, 2.45) is 0 Å². The minimum Gasteiger partial charge on any atom is -0.396 e. The lowest BCUT2D eigenvalue weighted by Gasteiger charge is -2.16. The molecule has 0 aliphatic carbocycles. The normalized spacial score (nSPS) is 9.89. The maximum absolute atomic E-state index is 11.7. The predicted molar refractivity (Wildman–Crippen MR) is 68.1 cm³/mol. The molecule has 0 bridgehead atoms. The Morgan fingerprint density at radius 2 is 1.94 bits per heavy atom. The number of nitrogens with zero attached hydrogens (tertiary/aromatic N) is 1. The molecule has 2 amide bonds. The molecule has 0 spiro atoms. The average Bonchev–Trinajstić information content (AvgIpc) is 2.42. The Balaban J connectivity index is 2.36. The molecule has 18 heavy (non-hydrogen) atoms. The molecule has 0 heterocycles. The molecular formula is C13H18N2O3. The van der Waals surface area contributed by atoms with Crippen LogP contribution in [0.5, 0.6) is 0 Å². The Morgan fingerprint density at radius 1 is 1.28 bits per heavy atom. The van der Waals surface area contributed by atoms with Crippen molar-refractivity contribution in [3.05, 3.63) is 35.9 Å². The van der Waals surface area contributed by atoms with Gasteiger partial charge in [-0.15, -0.1) is 0 Å². The number of carbonyl (C=O) groups excluding carboxylic acids is 2. The lowest BCUT2D eigenvalue weighted by atomic mass is 10.2. The molecule has 0 saturated heterocycles.